The van der Waals surface area contributed by atoms with Crippen molar-refractivity contribution in [3.63, 3.8) is 0 Å². The number of hydrogen-bond acceptors (Lipinski definition) is 3. The van der Waals surface area contributed by atoms with Gasteiger partial charge in [-0.15, -0.1) is 11.3 Å². The monoisotopic (exact) mass is 819 g/mol. The third-order valence-electron chi connectivity index (χ3n) is 12.8. The molecule has 63 heavy (non-hydrogen) atoms. The predicted octanol–water partition coefficient (Wildman–Crippen LogP) is 17.9. The normalized spacial score (nSPS) is 11.8. The molecular weight excluding hydrogens is 783 g/mol. The molecule has 0 saturated heterocycles. The molecule has 3 heteroatoms. The maximum absolute atomic E-state index is 6.62. The summed E-state index contributed by atoms with van der Waals surface area (Å²) in [6.07, 6.45) is 0. The number of hydrogen-bond donors (Lipinski definition) is 0. The van der Waals surface area contributed by atoms with Crippen LogP contribution in [0.5, 0.6) is 0 Å². The second-order valence-corrected chi connectivity index (χ2v) is 17.4. The molecule has 0 bridgehead atoms. The van der Waals surface area contributed by atoms with Crippen LogP contribution in [0.15, 0.2) is 229 Å². The smallest absolute Gasteiger partial charge is 0.143 e. The van der Waals surface area contributed by atoms with E-state index < -0.39 is 0 Å². The highest BCUT2D eigenvalue weighted by atomic mass is 32.1. The average molecular weight is 820 g/mol. The molecular formula is C60H37NOS. The van der Waals surface area contributed by atoms with Crippen molar-refractivity contribution in [1.82, 2.24) is 0 Å². The number of anilines is 3. The van der Waals surface area contributed by atoms with E-state index in [1.165, 1.54) is 74.7 Å². The highest BCUT2D eigenvalue weighted by Gasteiger charge is 2.25. The van der Waals surface area contributed by atoms with Crippen LogP contribution in [0.2, 0.25) is 0 Å². The minimum atomic E-state index is 0.895. The van der Waals surface area contributed by atoms with E-state index in [4.69, 9.17) is 4.42 Å². The summed E-state index contributed by atoms with van der Waals surface area (Å²) in [6, 6.07) is 81.9. The van der Waals surface area contributed by atoms with E-state index in [2.05, 4.69) is 223 Å². The van der Waals surface area contributed by atoms with Crippen molar-refractivity contribution >= 4 is 103 Å². The Kier molecular flexibility index (Phi) is 8.12. The summed E-state index contributed by atoms with van der Waals surface area (Å²) < 4.78 is 9.24. The maximum Gasteiger partial charge on any atom is 0.143 e. The highest BCUT2D eigenvalue weighted by Crippen LogP contribution is 2.51. The topological polar surface area (TPSA) is 16.4 Å². The van der Waals surface area contributed by atoms with Crippen molar-refractivity contribution in [2.45, 2.75) is 0 Å². The van der Waals surface area contributed by atoms with Gasteiger partial charge >= 0.3 is 0 Å². The van der Waals surface area contributed by atoms with Crippen molar-refractivity contribution in [3.8, 4) is 33.4 Å². The number of fused-ring (bicyclic) bond motifs is 10. The number of nitrogens with zero attached hydrogens (tertiary/aromatic N) is 1. The summed E-state index contributed by atoms with van der Waals surface area (Å²) in [7, 11) is 0. The largest absolute Gasteiger partial charge is 0.455 e. The number of thiophene rings is 1. The lowest BCUT2D eigenvalue weighted by atomic mass is 9.88. The second kappa shape index (κ2) is 14.3. The van der Waals surface area contributed by atoms with E-state index in [-0.39, 0.29) is 0 Å². The van der Waals surface area contributed by atoms with Gasteiger partial charge in [-0.1, -0.05) is 182 Å². The van der Waals surface area contributed by atoms with Gasteiger partial charge in [-0.3, -0.25) is 0 Å². The average Bonchev–Trinajstić information content (AvgIpc) is 3.93. The molecule has 11 aromatic carbocycles. The lowest BCUT2D eigenvalue weighted by molar-refractivity contribution is 0.670. The molecule has 2 heterocycles. The van der Waals surface area contributed by atoms with Crippen LogP contribution < -0.4 is 4.90 Å². The molecule has 0 saturated carbocycles. The summed E-state index contributed by atoms with van der Waals surface area (Å²) in [5.74, 6) is 0. The minimum absolute atomic E-state index is 0.895. The van der Waals surface area contributed by atoms with Crippen LogP contribution in [0.1, 0.15) is 0 Å². The molecule has 0 spiro atoms. The molecule has 0 aliphatic rings. The van der Waals surface area contributed by atoms with Gasteiger partial charge in [0.05, 0.1) is 5.69 Å². The first-order valence-electron chi connectivity index (χ1n) is 21.5. The third kappa shape index (κ3) is 5.71. The predicted molar refractivity (Wildman–Crippen MR) is 270 cm³/mol. The Morgan fingerprint density at radius 3 is 1.79 bits per heavy atom. The number of furan rings is 1. The molecule has 0 unspecified atom stereocenters. The zero-order chi connectivity index (χ0) is 41.4. The van der Waals surface area contributed by atoms with Crippen LogP contribution in [0.25, 0.3) is 108 Å². The second-order valence-electron chi connectivity index (χ2n) is 16.4. The van der Waals surface area contributed by atoms with Crippen LogP contribution in [0.3, 0.4) is 0 Å². The molecule has 13 aromatic rings. The molecule has 2 aromatic heterocycles. The molecule has 0 aliphatic carbocycles. The van der Waals surface area contributed by atoms with Gasteiger partial charge in [-0.2, -0.15) is 0 Å². The summed E-state index contributed by atoms with van der Waals surface area (Å²) in [5, 5.41) is 12.2. The lowest BCUT2D eigenvalue weighted by Crippen LogP contribution is -2.12. The van der Waals surface area contributed by atoms with Crippen molar-refractivity contribution in [3.05, 3.63) is 224 Å². The summed E-state index contributed by atoms with van der Waals surface area (Å²) in [6.45, 7) is 0. The zero-order valence-corrected chi connectivity index (χ0v) is 34.9. The zero-order valence-electron chi connectivity index (χ0n) is 34.1. The van der Waals surface area contributed by atoms with Crippen molar-refractivity contribution in [2.75, 3.05) is 4.90 Å². The molecule has 0 aliphatic heterocycles. The van der Waals surface area contributed by atoms with Crippen LogP contribution in [0, 0.1) is 0 Å². The van der Waals surface area contributed by atoms with Gasteiger partial charge in [0.15, 0.2) is 0 Å². The van der Waals surface area contributed by atoms with Crippen LogP contribution in [0.4, 0.5) is 17.1 Å². The Bertz CT molecular complexity index is 3920. The molecule has 13 rings (SSSR count). The first-order chi connectivity index (χ1) is 31.2. The molecule has 0 atom stereocenters. The standard InChI is InChI=1S/C60H37NOS/c1-2-18-44-39(14-1)15-12-26-51(44)58-52-23-5-3-19-46(52)47-20-4-6-24-53(47)59(58)61(42-33-30-38(31-34-42)40-32-35-50-49-22-8-10-29-56(49)63-57(50)37-40)43-17-11-16-41(36-43)45-25-13-27-54-48-21-7-9-28-55(48)62-60(45)54/h1-37H. The maximum atomic E-state index is 6.62. The first kappa shape index (κ1) is 35.7. The Balaban J connectivity index is 1.08. The SMILES string of the molecule is c1cc(-c2cccc3c2oc2ccccc23)cc(N(c2ccc(-c3ccc4c(c3)sc3ccccc34)cc2)c2c(-c3cccc4ccccc34)c3ccccc3c3ccccc23)c1. The van der Waals surface area contributed by atoms with Gasteiger partial charge in [0, 0.05) is 58.8 Å². The van der Waals surface area contributed by atoms with Crippen LogP contribution in [-0.4, -0.2) is 0 Å². The quantitative estimate of drug-likeness (QED) is 0.155. The van der Waals surface area contributed by atoms with Crippen molar-refractivity contribution in [1.29, 1.82) is 0 Å². The fraction of sp³-hybridized carbons (Fsp3) is 0. The van der Waals surface area contributed by atoms with Crippen molar-refractivity contribution in [2.24, 2.45) is 0 Å². The first-order valence-corrected chi connectivity index (χ1v) is 22.3. The Labute approximate surface area is 368 Å². The fourth-order valence-corrected chi connectivity index (χ4v) is 11.1. The fourth-order valence-electron chi connectivity index (χ4n) is 9.97. The van der Waals surface area contributed by atoms with E-state index in [1.807, 2.05) is 17.4 Å². The number of para-hydroxylation sites is 2. The lowest BCUT2D eigenvalue weighted by Gasteiger charge is -2.31. The van der Waals surface area contributed by atoms with Crippen LogP contribution >= 0.6 is 11.3 Å². The van der Waals surface area contributed by atoms with E-state index >= 15 is 0 Å². The molecule has 294 valence electrons. The Morgan fingerprint density at radius 2 is 0.937 bits per heavy atom. The molecule has 0 N–H and O–H groups in total. The molecule has 0 radical (unpaired) electrons. The van der Waals surface area contributed by atoms with E-state index in [0.29, 0.717) is 0 Å². The van der Waals surface area contributed by atoms with E-state index in [0.717, 1.165) is 50.1 Å². The Morgan fingerprint density at radius 1 is 0.333 bits per heavy atom. The van der Waals surface area contributed by atoms with Crippen LogP contribution in [-0.2, 0) is 0 Å². The van der Waals surface area contributed by atoms with Gasteiger partial charge in [0.1, 0.15) is 11.2 Å². The van der Waals surface area contributed by atoms with Gasteiger partial charge in [-0.05, 0) is 91.6 Å². The summed E-state index contributed by atoms with van der Waals surface area (Å²) in [4.78, 5) is 2.49. The number of rotatable bonds is 6. The number of benzene rings is 11. The molecule has 0 fully saturated rings. The molecule has 0 amide bonds. The Hall–Kier alpha value is -7.98. The van der Waals surface area contributed by atoms with Gasteiger partial charge in [0.2, 0.25) is 0 Å². The van der Waals surface area contributed by atoms with Gasteiger partial charge in [0.25, 0.3) is 0 Å². The minimum Gasteiger partial charge on any atom is -0.455 e. The third-order valence-corrected chi connectivity index (χ3v) is 14.0. The summed E-state index contributed by atoms with van der Waals surface area (Å²) in [5.41, 5.74) is 12.0. The van der Waals surface area contributed by atoms with E-state index in [1.54, 1.807) is 0 Å². The van der Waals surface area contributed by atoms with Crippen molar-refractivity contribution < 1.29 is 4.42 Å². The van der Waals surface area contributed by atoms with E-state index in [9.17, 15) is 0 Å². The highest BCUT2D eigenvalue weighted by molar-refractivity contribution is 7.25. The van der Waals surface area contributed by atoms with Gasteiger partial charge < -0.3 is 9.32 Å². The summed E-state index contributed by atoms with van der Waals surface area (Å²) >= 11 is 1.86. The molecule has 2 nitrogen and oxygen atoms in total. The van der Waals surface area contributed by atoms with Gasteiger partial charge in [-0.25, -0.2) is 0 Å².